The highest BCUT2D eigenvalue weighted by Crippen LogP contribution is 2.24. The SMILES string of the molecule is CCC(C)c1ccc(C(Cc2cccc(Br)c2)NC)cc1. The Labute approximate surface area is 136 Å². The Morgan fingerprint density at radius 2 is 1.71 bits per heavy atom. The van der Waals surface area contributed by atoms with E-state index < -0.39 is 0 Å². The zero-order valence-electron chi connectivity index (χ0n) is 13.1. The minimum absolute atomic E-state index is 0.352. The quantitative estimate of drug-likeness (QED) is 0.732. The number of rotatable bonds is 6. The maximum absolute atomic E-state index is 3.54. The van der Waals surface area contributed by atoms with E-state index in [4.69, 9.17) is 0 Å². The number of halogens is 1. The van der Waals surface area contributed by atoms with Crippen LogP contribution in [0.3, 0.4) is 0 Å². The van der Waals surface area contributed by atoms with Crippen molar-refractivity contribution in [2.24, 2.45) is 0 Å². The summed E-state index contributed by atoms with van der Waals surface area (Å²) in [6.07, 6.45) is 2.19. The van der Waals surface area contributed by atoms with Crippen LogP contribution in [0.1, 0.15) is 48.9 Å². The lowest BCUT2D eigenvalue weighted by Crippen LogP contribution is -2.18. The van der Waals surface area contributed by atoms with Gasteiger partial charge in [0.2, 0.25) is 0 Å². The molecule has 0 saturated carbocycles. The molecule has 2 heteroatoms. The van der Waals surface area contributed by atoms with Crippen LogP contribution in [-0.4, -0.2) is 7.05 Å². The number of likely N-dealkylation sites (N-methyl/N-ethyl adjacent to an activating group) is 1. The van der Waals surface area contributed by atoms with Crippen LogP contribution in [0.2, 0.25) is 0 Å². The maximum Gasteiger partial charge on any atom is 0.0358 e. The summed E-state index contributed by atoms with van der Waals surface area (Å²) in [6, 6.07) is 18.0. The zero-order chi connectivity index (χ0) is 15.2. The molecular formula is C19H24BrN. The highest BCUT2D eigenvalue weighted by atomic mass is 79.9. The standard InChI is InChI=1S/C19H24BrN/c1-4-14(2)16-8-10-17(11-9-16)19(21-3)13-15-6-5-7-18(20)12-15/h5-12,14,19,21H,4,13H2,1-3H3. The number of hydrogen-bond acceptors (Lipinski definition) is 1. The summed E-state index contributed by atoms with van der Waals surface area (Å²) in [5.41, 5.74) is 4.12. The Balaban J connectivity index is 2.14. The Bertz CT molecular complexity index is 562. The highest BCUT2D eigenvalue weighted by molar-refractivity contribution is 9.10. The van der Waals surface area contributed by atoms with Gasteiger partial charge in [-0.2, -0.15) is 0 Å². The first-order valence-electron chi connectivity index (χ1n) is 7.65. The average Bonchev–Trinajstić information content (AvgIpc) is 2.52. The molecule has 1 nitrogen and oxygen atoms in total. The van der Waals surface area contributed by atoms with E-state index in [0.29, 0.717) is 12.0 Å². The smallest absolute Gasteiger partial charge is 0.0358 e. The molecule has 0 aromatic heterocycles. The fourth-order valence-corrected chi connectivity index (χ4v) is 3.03. The van der Waals surface area contributed by atoms with Crippen molar-refractivity contribution in [3.8, 4) is 0 Å². The van der Waals surface area contributed by atoms with Gasteiger partial charge in [-0.05, 0) is 54.6 Å². The predicted octanol–water partition coefficient (Wildman–Crippen LogP) is 5.47. The second-order valence-corrected chi connectivity index (χ2v) is 6.57. The van der Waals surface area contributed by atoms with Gasteiger partial charge in [0.1, 0.15) is 0 Å². The average molecular weight is 346 g/mol. The van der Waals surface area contributed by atoms with Gasteiger partial charge in [0.15, 0.2) is 0 Å². The van der Waals surface area contributed by atoms with Gasteiger partial charge in [0.05, 0.1) is 0 Å². The van der Waals surface area contributed by atoms with Crippen molar-refractivity contribution in [2.75, 3.05) is 7.05 Å². The number of nitrogens with one attached hydrogen (secondary N) is 1. The van der Waals surface area contributed by atoms with Crippen molar-refractivity contribution >= 4 is 15.9 Å². The van der Waals surface area contributed by atoms with E-state index in [-0.39, 0.29) is 0 Å². The molecular weight excluding hydrogens is 322 g/mol. The van der Waals surface area contributed by atoms with Gasteiger partial charge in [-0.1, -0.05) is 66.2 Å². The second kappa shape index (κ2) is 7.77. The first kappa shape index (κ1) is 16.3. The van der Waals surface area contributed by atoms with E-state index in [0.717, 1.165) is 10.9 Å². The molecule has 2 unspecified atom stereocenters. The van der Waals surface area contributed by atoms with Gasteiger partial charge in [-0.15, -0.1) is 0 Å². The van der Waals surface area contributed by atoms with Gasteiger partial charge < -0.3 is 5.32 Å². The molecule has 0 radical (unpaired) electrons. The molecule has 2 rings (SSSR count). The third-order valence-electron chi connectivity index (χ3n) is 4.20. The lowest BCUT2D eigenvalue weighted by Gasteiger charge is -2.18. The Morgan fingerprint density at radius 3 is 2.29 bits per heavy atom. The van der Waals surface area contributed by atoms with Crippen LogP contribution >= 0.6 is 15.9 Å². The molecule has 0 heterocycles. The third-order valence-corrected chi connectivity index (χ3v) is 4.69. The van der Waals surface area contributed by atoms with Crippen LogP contribution < -0.4 is 5.32 Å². The van der Waals surface area contributed by atoms with Crippen LogP contribution in [0.4, 0.5) is 0 Å². The molecule has 0 saturated heterocycles. The fourth-order valence-electron chi connectivity index (χ4n) is 2.58. The second-order valence-electron chi connectivity index (χ2n) is 5.65. The highest BCUT2D eigenvalue weighted by Gasteiger charge is 2.11. The van der Waals surface area contributed by atoms with Crippen molar-refractivity contribution in [3.05, 3.63) is 69.7 Å². The van der Waals surface area contributed by atoms with Crippen LogP contribution in [0.25, 0.3) is 0 Å². The molecule has 0 aliphatic heterocycles. The predicted molar refractivity (Wildman–Crippen MR) is 94.8 cm³/mol. The monoisotopic (exact) mass is 345 g/mol. The van der Waals surface area contributed by atoms with Gasteiger partial charge in [-0.25, -0.2) is 0 Å². The molecule has 0 amide bonds. The van der Waals surface area contributed by atoms with E-state index in [1.54, 1.807) is 0 Å². The first-order valence-corrected chi connectivity index (χ1v) is 8.45. The van der Waals surface area contributed by atoms with Crippen molar-refractivity contribution in [2.45, 2.75) is 38.6 Å². The van der Waals surface area contributed by atoms with Crippen molar-refractivity contribution in [1.29, 1.82) is 0 Å². The van der Waals surface area contributed by atoms with E-state index in [1.807, 2.05) is 7.05 Å². The van der Waals surface area contributed by atoms with E-state index in [1.165, 1.54) is 23.1 Å². The number of hydrogen-bond donors (Lipinski definition) is 1. The molecule has 0 aliphatic rings. The summed E-state index contributed by atoms with van der Waals surface area (Å²) < 4.78 is 1.14. The summed E-state index contributed by atoms with van der Waals surface area (Å²) in [7, 11) is 2.03. The lowest BCUT2D eigenvalue weighted by atomic mass is 9.94. The Kier molecular flexibility index (Phi) is 6.01. The van der Waals surface area contributed by atoms with Gasteiger partial charge in [0.25, 0.3) is 0 Å². The Morgan fingerprint density at radius 1 is 1.05 bits per heavy atom. The summed E-state index contributed by atoms with van der Waals surface area (Å²) in [4.78, 5) is 0. The molecule has 2 atom stereocenters. The van der Waals surface area contributed by atoms with Crippen molar-refractivity contribution in [3.63, 3.8) is 0 Å². The molecule has 2 aromatic rings. The van der Waals surface area contributed by atoms with Crippen LogP contribution in [0, 0.1) is 0 Å². The largest absolute Gasteiger partial charge is 0.313 e. The van der Waals surface area contributed by atoms with Crippen molar-refractivity contribution < 1.29 is 0 Å². The molecule has 0 fully saturated rings. The summed E-state index contributed by atoms with van der Waals surface area (Å²) >= 11 is 3.54. The van der Waals surface area contributed by atoms with Crippen molar-refractivity contribution in [1.82, 2.24) is 5.32 Å². The van der Waals surface area contributed by atoms with Gasteiger partial charge >= 0.3 is 0 Å². The van der Waals surface area contributed by atoms with Gasteiger partial charge in [-0.3, -0.25) is 0 Å². The number of benzene rings is 2. The molecule has 0 aliphatic carbocycles. The zero-order valence-corrected chi connectivity index (χ0v) is 14.7. The molecule has 0 spiro atoms. The first-order chi connectivity index (χ1) is 10.1. The summed E-state index contributed by atoms with van der Waals surface area (Å²) in [5, 5.41) is 3.43. The molecule has 1 N–H and O–H groups in total. The molecule has 2 aromatic carbocycles. The molecule has 21 heavy (non-hydrogen) atoms. The van der Waals surface area contributed by atoms with E-state index in [2.05, 4.69) is 83.6 Å². The topological polar surface area (TPSA) is 12.0 Å². The fraction of sp³-hybridized carbons (Fsp3) is 0.368. The minimum Gasteiger partial charge on any atom is -0.313 e. The van der Waals surface area contributed by atoms with Gasteiger partial charge in [0, 0.05) is 10.5 Å². The summed E-state index contributed by atoms with van der Waals surface area (Å²) in [5.74, 6) is 0.636. The minimum atomic E-state index is 0.352. The van der Waals surface area contributed by atoms with E-state index in [9.17, 15) is 0 Å². The molecule has 0 bridgehead atoms. The lowest BCUT2D eigenvalue weighted by molar-refractivity contribution is 0.591. The third kappa shape index (κ3) is 4.42. The maximum atomic E-state index is 3.54. The molecule has 112 valence electrons. The normalized spacial score (nSPS) is 13.9. The van der Waals surface area contributed by atoms with E-state index >= 15 is 0 Å². The Hall–Kier alpha value is -1.12. The van der Waals surface area contributed by atoms with Crippen LogP contribution in [-0.2, 0) is 6.42 Å². The summed E-state index contributed by atoms with van der Waals surface area (Å²) in [6.45, 7) is 4.52. The van der Waals surface area contributed by atoms with Crippen LogP contribution in [0.5, 0.6) is 0 Å². The van der Waals surface area contributed by atoms with Crippen LogP contribution in [0.15, 0.2) is 53.0 Å².